The molecule has 1 fully saturated rings. The van der Waals surface area contributed by atoms with Gasteiger partial charge in [0.25, 0.3) is 0 Å². The van der Waals surface area contributed by atoms with Crippen molar-refractivity contribution in [3.8, 4) is 0 Å². The molecule has 2 aromatic carbocycles. The second-order valence-electron chi connectivity index (χ2n) is 6.81. The minimum Gasteiger partial charge on any atom is -0.460 e. The highest BCUT2D eigenvalue weighted by molar-refractivity contribution is 5.89. The van der Waals surface area contributed by atoms with Gasteiger partial charge in [-0.3, -0.25) is 4.90 Å². The molecular weight excluding hydrogens is 310 g/mol. The number of rotatable bonds is 7. The first-order valence-corrected chi connectivity index (χ1v) is 9.29. The highest BCUT2D eigenvalue weighted by Crippen LogP contribution is 2.32. The number of benzene rings is 2. The van der Waals surface area contributed by atoms with E-state index in [1.807, 2.05) is 18.2 Å². The maximum absolute atomic E-state index is 12.2. The van der Waals surface area contributed by atoms with Gasteiger partial charge in [0.1, 0.15) is 6.61 Å². The third-order valence-corrected chi connectivity index (χ3v) is 5.01. The molecule has 2 aromatic rings. The van der Waals surface area contributed by atoms with Crippen LogP contribution < -0.4 is 0 Å². The normalized spacial score (nSPS) is 20.5. The number of esters is 1. The summed E-state index contributed by atoms with van der Waals surface area (Å²) >= 11 is 0. The number of ether oxygens (including phenoxy) is 1. The van der Waals surface area contributed by atoms with Crippen molar-refractivity contribution in [3.05, 3.63) is 71.8 Å². The number of unbranched alkanes of at least 4 members (excludes halogenated alkanes) is 1. The van der Waals surface area contributed by atoms with Gasteiger partial charge in [-0.15, -0.1) is 0 Å². The summed E-state index contributed by atoms with van der Waals surface area (Å²) in [5.41, 5.74) is 2.01. The van der Waals surface area contributed by atoms with Crippen LogP contribution in [0.3, 0.4) is 0 Å². The molecule has 0 saturated carbocycles. The minimum atomic E-state index is -0.223. The number of likely N-dealkylation sites (tertiary alicyclic amines) is 1. The largest absolute Gasteiger partial charge is 0.460 e. The molecule has 0 aromatic heterocycles. The lowest BCUT2D eigenvalue weighted by Crippen LogP contribution is -2.34. The topological polar surface area (TPSA) is 29.5 Å². The molecule has 0 aliphatic carbocycles. The van der Waals surface area contributed by atoms with Crippen molar-refractivity contribution in [3.63, 3.8) is 0 Å². The standard InChI is InChI=1S/C22H27NO2/c1-2-3-14-23-16-20(18-10-6-4-7-11-18)15-21(23)17-25-22(24)19-12-8-5-9-13-19/h4-13,20-21H,2-3,14-17H2,1H3. The van der Waals surface area contributed by atoms with Crippen LogP contribution in [0.25, 0.3) is 0 Å². The molecular formula is C22H27NO2. The molecule has 1 aliphatic rings. The monoisotopic (exact) mass is 337 g/mol. The summed E-state index contributed by atoms with van der Waals surface area (Å²) in [7, 11) is 0. The average Bonchev–Trinajstić information content (AvgIpc) is 3.09. The van der Waals surface area contributed by atoms with Crippen LogP contribution >= 0.6 is 0 Å². The van der Waals surface area contributed by atoms with E-state index in [1.54, 1.807) is 12.1 Å². The Hall–Kier alpha value is -2.13. The Morgan fingerprint density at radius 2 is 1.76 bits per heavy atom. The van der Waals surface area contributed by atoms with Crippen LogP contribution in [0.1, 0.15) is 48.0 Å². The third kappa shape index (κ3) is 4.70. The summed E-state index contributed by atoms with van der Waals surface area (Å²) in [6, 6.07) is 20.2. The van der Waals surface area contributed by atoms with Gasteiger partial charge in [-0.2, -0.15) is 0 Å². The van der Waals surface area contributed by atoms with E-state index in [1.165, 1.54) is 18.4 Å². The lowest BCUT2D eigenvalue weighted by molar-refractivity contribution is 0.0396. The van der Waals surface area contributed by atoms with Crippen molar-refractivity contribution in [2.24, 2.45) is 0 Å². The highest BCUT2D eigenvalue weighted by Gasteiger charge is 2.33. The minimum absolute atomic E-state index is 0.223. The van der Waals surface area contributed by atoms with Gasteiger partial charge in [0, 0.05) is 12.6 Å². The maximum atomic E-state index is 12.2. The van der Waals surface area contributed by atoms with Crippen molar-refractivity contribution in [1.82, 2.24) is 4.90 Å². The van der Waals surface area contributed by atoms with Gasteiger partial charge in [-0.1, -0.05) is 61.9 Å². The number of carbonyl (C=O) groups excluding carboxylic acids is 1. The second-order valence-corrected chi connectivity index (χ2v) is 6.81. The first-order valence-electron chi connectivity index (χ1n) is 9.29. The molecule has 3 nitrogen and oxygen atoms in total. The van der Waals surface area contributed by atoms with Crippen molar-refractivity contribution in [2.45, 2.75) is 38.1 Å². The number of carbonyl (C=O) groups is 1. The molecule has 0 spiro atoms. The van der Waals surface area contributed by atoms with Crippen LogP contribution in [0.4, 0.5) is 0 Å². The van der Waals surface area contributed by atoms with E-state index in [4.69, 9.17) is 4.74 Å². The Labute approximate surface area is 150 Å². The van der Waals surface area contributed by atoms with Crippen LogP contribution in [0, 0.1) is 0 Å². The first-order chi connectivity index (χ1) is 12.3. The fourth-order valence-corrected chi connectivity index (χ4v) is 3.59. The van der Waals surface area contributed by atoms with Crippen molar-refractivity contribution in [2.75, 3.05) is 19.7 Å². The smallest absolute Gasteiger partial charge is 0.338 e. The van der Waals surface area contributed by atoms with Crippen LogP contribution in [-0.4, -0.2) is 36.6 Å². The van der Waals surface area contributed by atoms with E-state index in [0.717, 1.165) is 19.5 Å². The second kappa shape index (κ2) is 8.82. The van der Waals surface area contributed by atoms with Crippen molar-refractivity contribution >= 4 is 5.97 Å². The van der Waals surface area contributed by atoms with Gasteiger partial charge in [-0.05, 0) is 43.0 Å². The molecule has 0 N–H and O–H groups in total. The van der Waals surface area contributed by atoms with Gasteiger partial charge in [-0.25, -0.2) is 4.79 Å². The maximum Gasteiger partial charge on any atom is 0.338 e. The lowest BCUT2D eigenvalue weighted by atomic mass is 9.97. The molecule has 3 rings (SSSR count). The highest BCUT2D eigenvalue weighted by atomic mass is 16.5. The van der Waals surface area contributed by atoms with E-state index in [-0.39, 0.29) is 5.97 Å². The van der Waals surface area contributed by atoms with Gasteiger partial charge >= 0.3 is 5.97 Å². The Bertz CT molecular complexity index is 656. The quantitative estimate of drug-likeness (QED) is 0.697. The molecule has 0 bridgehead atoms. The number of hydrogen-bond donors (Lipinski definition) is 0. The zero-order chi connectivity index (χ0) is 17.5. The zero-order valence-electron chi connectivity index (χ0n) is 14.9. The molecule has 1 aliphatic heterocycles. The molecule has 132 valence electrons. The molecule has 2 atom stereocenters. The van der Waals surface area contributed by atoms with Gasteiger partial charge < -0.3 is 4.74 Å². The van der Waals surface area contributed by atoms with Crippen LogP contribution in [-0.2, 0) is 4.74 Å². The molecule has 0 radical (unpaired) electrons. The molecule has 1 saturated heterocycles. The molecule has 2 unspecified atom stereocenters. The predicted molar refractivity (Wildman–Crippen MR) is 101 cm³/mol. The molecule has 0 amide bonds. The predicted octanol–water partition coefficient (Wildman–Crippen LogP) is 4.50. The summed E-state index contributed by atoms with van der Waals surface area (Å²) in [6.45, 7) is 4.82. The van der Waals surface area contributed by atoms with Crippen LogP contribution in [0.2, 0.25) is 0 Å². The van der Waals surface area contributed by atoms with E-state index in [2.05, 4.69) is 42.2 Å². The lowest BCUT2D eigenvalue weighted by Gasteiger charge is -2.23. The van der Waals surface area contributed by atoms with Gasteiger partial charge in [0.2, 0.25) is 0 Å². The van der Waals surface area contributed by atoms with Crippen molar-refractivity contribution < 1.29 is 9.53 Å². The SMILES string of the molecule is CCCCN1CC(c2ccccc2)CC1COC(=O)c1ccccc1. The Morgan fingerprint density at radius 1 is 1.08 bits per heavy atom. The fourth-order valence-electron chi connectivity index (χ4n) is 3.59. The van der Waals surface area contributed by atoms with Gasteiger partial charge in [0.05, 0.1) is 5.56 Å². The Kier molecular flexibility index (Phi) is 6.24. The van der Waals surface area contributed by atoms with Crippen LogP contribution in [0.15, 0.2) is 60.7 Å². The number of hydrogen-bond acceptors (Lipinski definition) is 3. The average molecular weight is 337 g/mol. The zero-order valence-corrected chi connectivity index (χ0v) is 14.9. The van der Waals surface area contributed by atoms with E-state index < -0.39 is 0 Å². The van der Waals surface area contributed by atoms with Gasteiger partial charge in [0.15, 0.2) is 0 Å². The van der Waals surface area contributed by atoms with E-state index in [9.17, 15) is 4.79 Å². The van der Waals surface area contributed by atoms with E-state index >= 15 is 0 Å². The molecule has 25 heavy (non-hydrogen) atoms. The number of nitrogens with zero attached hydrogens (tertiary/aromatic N) is 1. The summed E-state index contributed by atoms with van der Waals surface area (Å²) in [5.74, 6) is 0.303. The van der Waals surface area contributed by atoms with Crippen LogP contribution in [0.5, 0.6) is 0 Å². The first kappa shape index (κ1) is 17.7. The fraction of sp³-hybridized carbons (Fsp3) is 0.409. The summed E-state index contributed by atoms with van der Waals surface area (Å²) in [4.78, 5) is 14.7. The molecule has 3 heteroatoms. The Balaban J connectivity index is 1.62. The molecule has 1 heterocycles. The summed E-state index contributed by atoms with van der Waals surface area (Å²) in [6.07, 6.45) is 3.42. The summed E-state index contributed by atoms with van der Waals surface area (Å²) < 4.78 is 5.63. The third-order valence-electron chi connectivity index (χ3n) is 5.01. The Morgan fingerprint density at radius 3 is 2.44 bits per heavy atom. The van der Waals surface area contributed by atoms with E-state index in [0.29, 0.717) is 24.1 Å². The van der Waals surface area contributed by atoms with Crippen molar-refractivity contribution in [1.29, 1.82) is 0 Å². The summed E-state index contributed by atoms with van der Waals surface area (Å²) in [5, 5.41) is 0.